The highest BCUT2D eigenvalue weighted by atomic mass is 16.6. The maximum absolute atomic E-state index is 11.8. The van der Waals surface area contributed by atoms with Gasteiger partial charge in [-0.15, -0.1) is 0 Å². The quantitative estimate of drug-likeness (QED) is 0.532. The van der Waals surface area contributed by atoms with Gasteiger partial charge in [0.1, 0.15) is 0 Å². The molecule has 106 valence electrons. The zero-order chi connectivity index (χ0) is 15.2. The minimum atomic E-state index is -0.465. The lowest BCUT2D eigenvalue weighted by molar-refractivity contribution is -0.384. The van der Waals surface area contributed by atoms with E-state index in [2.05, 4.69) is 10.5 Å². The lowest BCUT2D eigenvalue weighted by Gasteiger charge is -2.03. The Bertz CT molecular complexity index is 679. The van der Waals surface area contributed by atoms with Crippen molar-refractivity contribution < 1.29 is 9.72 Å². The van der Waals surface area contributed by atoms with E-state index in [4.69, 9.17) is 0 Å². The van der Waals surface area contributed by atoms with Crippen molar-refractivity contribution in [2.75, 3.05) is 0 Å². The summed E-state index contributed by atoms with van der Waals surface area (Å²) in [4.78, 5) is 21.9. The van der Waals surface area contributed by atoms with Gasteiger partial charge in [-0.3, -0.25) is 14.9 Å². The Balaban J connectivity index is 2.07. The molecule has 6 heteroatoms. The summed E-state index contributed by atoms with van der Waals surface area (Å²) in [6.07, 6.45) is 0. The number of carbonyl (C=O) groups is 1. The van der Waals surface area contributed by atoms with Crippen molar-refractivity contribution in [3.63, 3.8) is 0 Å². The molecule has 2 aromatic carbocycles. The highest BCUT2D eigenvalue weighted by Gasteiger charge is 2.06. The van der Waals surface area contributed by atoms with Crippen molar-refractivity contribution >= 4 is 17.3 Å². The van der Waals surface area contributed by atoms with Crippen LogP contribution in [0.5, 0.6) is 0 Å². The fraction of sp³-hybridized carbons (Fsp3) is 0.0667. The number of rotatable bonds is 4. The van der Waals surface area contributed by atoms with Crippen LogP contribution in [0.1, 0.15) is 22.8 Å². The molecule has 0 atom stereocenters. The summed E-state index contributed by atoms with van der Waals surface area (Å²) in [5.41, 5.74) is 4.24. The van der Waals surface area contributed by atoms with Crippen molar-refractivity contribution in [2.24, 2.45) is 5.10 Å². The normalized spacial score (nSPS) is 11.0. The fourth-order valence-electron chi connectivity index (χ4n) is 1.68. The summed E-state index contributed by atoms with van der Waals surface area (Å²) in [6, 6.07) is 14.7. The standard InChI is InChI=1S/C15H13N3O3/c1-11(12-7-9-14(10-8-12)18(20)21)16-17-15(19)13-5-3-2-4-6-13/h2-10H,1H3,(H,17,19)/b16-11+. The van der Waals surface area contributed by atoms with E-state index in [1.54, 1.807) is 43.3 Å². The molecule has 0 saturated carbocycles. The molecule has 0 aliphatic carbocycles. The second kappa shape index (κ2) is 6.42. The number of hydrazone groups is 1. The minimum absolute atomic E-state index is 0.0138. The lowest BCUT2D eigenvalue weighted by atomic mass is 10.1. The summed E-state index contributed by atoms with van der Waals surface area (Å²) in [5, 5.41) is 14.6. The SMILES string of the molecule is C/C(=N\NC(=O)c1ccccc1)c1ccc([N+](=O)[O-])cc1. The number of hydrogen-bond acceptors (Lipinski definition) is 4. The zero-order valence-corrected chi connectivity index (χ0v) is 11.3. The third-order valence-electron chi connectivity index (χ3n) is 2.86. The first-order chi connectivity index (χ1) is 10.1. The van der Waals surface area contributed by atoms with Crippen LogP contribution >= 0.6 is 0 Å². The highest BCUT2D eigenvalue weighted by Crippen LogP contribution is 2.12. The topological polar surface area (TPSA) is 84.6 Å². The van der Waals surface area contributed by atoms with Gasteiger partial charge in [-0.2, -0.15) is 5.10 Å². The van der Waals surface area contributed by atoms with E-state index in [9.17, 15) is 14.9 Å². The summed E-state index contributed by atoms with van der Waals surface area (Å²) >= 11 is 0. The second-order valence-electron chi connectivity index (χ2n) is 4.31. The molecule has 1 N–H and O–H groups in total. The predicted octanol–water partition coefficient (Wildman–Crippen LogP) is 2.75. The van der Waals surface area contributed by atoms with E-state index < -0.39 is 4.92 Å². The van der Waals surface area contributed by atoms with Crippen molar-refractivity contribution in [1.82, 2.24) is 5.43 Å². The van der Waals surface area contributed by atoms with Crippen LogP contribution in [0.15, 0.2) is 59.7 Å². The van der Waals surface area contributed by atoms with E-state index in [0.29, 0.717) is 16.8 Å². The Morgan fingerprint density at radius 2 is 1.67 bits per heavy atom. The molecule has 0 aliphatic rings. The van der Waals surface area contributed by atoms with E-state index in [1.165, 1.54) is 12.1 Å². The second-order valence-corrected chi connectivity index (χ2v) is 4.31. The first-order valence-corrected chi connectivity index (χ1v) is 6.22. The molecular weight excluding hydrogens is 270 g/mol. The maximum Gasteiger partial charge on any atom is 0.271 e. The molecule has 1 amide bonds. The van der Waals surface area contributed by atoms with Crippen LogP contribution in [-0.2, 0) is 0 Å². The summed E-state index contributed by atoms with van der Waals surface area (Å²) < 4.78 is 0. The molecule has 0 bridgehead atoms. The van der Waals surface area contributed by atoms with E-state index in [0.717, 1.165) is 0 Å². The number of hydrogen-bond donors (Lipinski definition) is 1. The van der Waals surface area contributed by atoms with Crippen molar-refractivity contribution in [2.45, 2.75) is 6.92 Å². The molecule has 6 nitrogen and oxygen atoms in total. The number of carbonyl (C=O) groups excluding carboxylic acids is 1. The third kappa shape index (κ3) is 3.73. The summed E-state index contributed by atoms with van der Waals surface area (Å²) in [5.74, 6) is -0.308. The Morgan fingerprint density at radius 1 is 1.05 bits per heavy atom. The molecule has 0 radical (unpaired) electrons. The van der Waals surface area contributed by atoms with Gasteiger partial charge in [0, 0.05) is 17.7 Å². The largest absolute Gasteiger partial charge is 0.271 e. The molecule has 0 aromatic heterocycles. The number of nitrogens with one attached hydrogen (secondary N) is 1. The van der Waals surface area contributed by atoms with Crippen LogP contribution in [-0.4, -0.2) is 16.5 Å². The van der Waals surface area contributed by atoms with Gasteiger partial charge in [-0.1, -0.05) is 18.2 Å². The van der Waals surface area contributed by atoms with Crippen LogP contribution in [0.25, 0.3) is 0 Å². The molecule has 0 spiro atoms. The smallest absolute Gasteiger partial charge is 0.267 e. The molecule has 2 aromatic rings. The Morgan fingerprint density at radius 3 is 2.24 bits per heavy atom. The third-order valence-corrected chi connectivity index (χ3v) is 2.86. The predicted molar refractivity (Wildman–Crippen MR) is 79.2 cm³/mol. The van der Waals surface area contributed by atoms with Crippen LogP contribution in [0.2, 0.25) is 0 Å². The van der Waals surface area contributed by atoms with Gasteiger partial charge in [0.25, 0.3) is 11.6 Å². The van der Waals surface area contributed by atoms with Crippen LogP contribution in [0.3, 0.4) is 0 Å². The van der Waals surface area contributed by atoms with E-state index in [1.807, 2.05) is 6.07 Å². The number of benzene rings is 2. The monoisotopic (exact) mass is 283 g/mol. The van der Waals surface area contributed by atoms with Gasteiger partial charge in [0.2, 0.25) is 0 Å². The number of amides is 1. The molecule has 21 heavy (non-hydrogen) atoms. The molecule has 2 rings (SSSR count). The Hall–Kier alpha value is -3.02. The van der Waals surface area contributed by atoms with Crippen LogP contribution in [0.4, 0.5) is 5.69 Å². The van der Waals surface area contributed by atoms with Crippen LogP contribution < -0.4 is 5.43 Å². The molecule has 0 aliphatic heterocycles. The van der Waals surface area contributed by atoms with Gasteiger partial charge in [0.05, 0.1) is 10.6 Å². The van der Waals surface area contributed by atoms with Gasteiger partial charge in [-0.05, 0) is 36.8 Å². The number of nitro groups is 1. The average Bonchev–Trinajstić information content (AvgIpc) is 2.53. The average molecular weight is 283 g/mol. The van der Waals surface area contributed by atoms with Crippen molar-refractivity contribution in [3.8, 4) is 0 Å². The van der Waals surface area contributed by atoms with Crippen molar-refractivity contribution in [3.05, 3.63) is 75.8 Å². The molecule has 0 unspecified atom stereocenters. The van der Waals surface area contributed by atoms with Crippen LogP contribution in [0, 0.1) is 10.1 Å². The molecule has 0 fully saturated rings. The van der Waals surface area contributed by atoms with Gasteiger partial charge in [0.15, 0.2) is 0 Å². The Labute approximate surface area is 121 Å². The summed E-state index contributed by atoms with van der Waals surface area (Å²) in [7, 11) is 0. The summed E-state index contributed by atoms with van der Waals surface area (Å²) in [6.45, 7) is 1.71. The fourth-order valence-corrected chi connectivity index (χ4v) is 1.68. The first kappa shape index (κ1) is 14.4. The molecular formula is C15H13N3O3. The van der Waals surface area contributed by atoms with Gasteiger partial charge >= 0.3 is 0 Å². The molecule has 0 saturated heterocycles. The highest BCUT2D eigenvalue weighted by molar-refractivity contribution is 6.00. The number of nitrogens with zero attached hydrogens (tertiary/aromatic N) is 2. The van der Waals surface area contributed by atoms with Gasteiger partial charge in [-0.25, -0.2) is 5.43 Å². The van der Waals surface area contributed by atoms with E-state index >= 15 is 0 Å². The first-order valence-electron chi connectivity index (χ1n) is 6.22. The zero-order valence-electron chi connectivity index (χ0n) is 11.3. The minimum Gasteiger partial charge on any atom is -0.267 e. The van der Waals surface area contributed by atoms with Gasteiger partial charge < -0.3 is 0 Å². The number of nitro benzene ring substituents is 1. The maximum atomic E-state index is 11.8. The molecule has 0 heterocycles. The van der Waals surface area contributed by atoms with E-state index in [-0.39, 0.29) is 11.6 Å². The van der Waals surface area contributed by atoms with Crippen molar-refractivity contribution in [1.29, 1.82) is 0 Å². The Kier molecular flexibility index (Phi) is 4.40. The number of non-ortho nitro benzene ring substituents is 1. The lowest BCUT2D eigenvalue weighted by Crippen LogP contribution is -2.19.